The second-order valence-corrected chi connectivity index (χ2v) is 4.72. The largest absolute Gasteiger partial charge is 0.639 e. The van der Waals surface area contributed by atoms with E-state index in [1.807, 2.05) is 0 Å². The number of likely N-dealkylation sites (N-methyl/N-ethyl adjacent to an activating group) is 1. The summed E-state index contributed by atoms with van der Waals surface area (Å²) in [5.41, 5.74) is -1.66. The lowest BCUT2D eigenvalue weighted by atomic mass is 9.77. The second-order valence-electron chi connectivity index (χ2n) is 4.72. The van der Waals surface area contributed by atoms with Crippen molar-refractivity contribution in [3.05, 3.63) is 29.6 Å². The third kappa shape index (κ3) is 3.76. The first-order valence-corrected chi connectivity index (χ1v) is 6.11. The molecule has 2 rings (SSSR count). The monoisotopic (exact) mass is 319 g/mol. The van der Waals surface area contributed by atoms with Crippen LogP contribution in [-0.4, -0.2) is 44.1 Å². The zero-order chi connectivity index (χ0) is 16.5. The standard InChI is InChI=1S/C12H10BF4NO4/c1-18-5-10(19)21-13(22-11(20)6-18)8-3-2-7(4-9(8)14)12(15,16)17/h2-4H,5-6H2,1H3. The fourth-order valence-electron chi connectivity index (χ4n) is 1.86. The van der Waals surface area contributed by atoms with Gasteiger partial charge in [0.1, 0.15) is 5.82 Å². The summed E-state index contributed by atoms with van der Waals surface area (Å²) in [6, 6.07) is 1.64. The maximum absolute atomic E-state index is 13.8. The smallest absolute Gasteiger partial charge is 0.494 e. The Morgan fingerprint density at radius 1 is 1.14 bits per heavy atom. The van der Waals surface area contributed by atoms with Crippen molar-refractivity contribution in [2.24, 2.45) is 0 Å². The van der Waals surface area contributed by atoms with Crippen LogP contribution in [0.3, 0.4) is 0 Å². The number of alkyl halides is 3. The normalized spacial score (nSPS) is 17.6. The molecule has 1 heterocycles. The van der Waals surface area contributed by atoms with Crippen LogP contribution in [0.2, 0.25) is 0 Å². The van der Waals surface area contributed by atoms with Crippen molar-refractivity contribution in [1.82, 2.24) is 4.90 Å². The van der Waals surface area contributed by atoms with Crippen molar-refractivity contribution in [3.8, 4) is 0 Å². The summed E-state index contributed by atoms with van der Waals surface area (Å²) in [5.74, 6) is -2.87. The summed E-state index contributed by atoms with van der Waals surface area (Å²) in [6.07, 6.45) is -4.71. The van der Waals surface area contributed by atoms with E-state index in [0.29, 0.717) is 6.07 Å². The van der Waals surface area contributed by atoms with Gasteiger partial charge in [-0.05, 0) is 13.1 Å². The van der Waals surface area contributed by atoms with E-state index in [-0.39, 0.29) is 19.2 Å². The Balaban J connectivity index is 2.29. The molecule has 1 saturated heterocycles. The van der Waals surface area contributed by atoms with Gasteiger partial charge >= 0.3 is 25.2 Å². The molecule has 0 unspecified atom stereocenters. The van der Waals surface area contributed by atoms with Gasteiger partial charge in [-0.25, -0.2) is 4.39 Å². The minimum atomic E-state index is -4.71. The van der Waals surface area contributed by atoms with Crippen LogP contribution < -0.4 is 5.46 Å². The number of hydrogen-bond acceptors (Lipinski definition) is 5. The lowest BCUT2D eigenvalue weighted by Crippen LogP contribution is -2.48. The molecule has 10 heteroatoms. The van der Waals surface area contributed by atoms with Crippen molar-refractivity contribution in [2.75, 3.05) is 20.1 Å². The Hall–Kier alpha value is -2.10. The molecule has 0 aliphatic carbocycles. The first-order chi connectivity index (χ1) is 10.2. The van der Waals surface area contributed by atoms with Crippen LogP contribution in [0.1, 0.15) is 5.56 Å². The Kier molecular flexibility index (Phi) is 4.41. The quantitative estimate of drug-likeness (QED) is 0.560. The molecule has 0 atom stereocenters. The molecule has 1 aliphatic heterocycles. The van der Waals surface area contributed by atoms with Gasteiger partial charge < -0.3 is 9.31 Å². The van der Waals surface area contributed by atoms with E-state index >= 15 is 0 Å². The Labute approximate surface area is 122 Å². The van der Waals surface area contributed by atoms with E-state index in [1.54, 1.807) is 0 Å². The fourth-order valence-corrected chi connectivity index (χ4v) is 1.86. The van der Waals surface area contributed by atoms with E-state index < -0.39 is 42.1 Å². The number of carbonyl (C=O) groups excluding carboxylic acids is 2. The topological polar surface area (TPSA) is 55.8 Å². The van der Waals surface area contributed by atoms with E-state index in [1.165, 1.54) is 11.9 Å². The molecule has 0 bridgehead atoms. The summed E-state index contributed by atoms with van der Waals surface area (Å²) in [4.78, 5) is 24.4. The van der Waals surface area contributed by atoms with Crippen LogP contribution >= 0.6 is 0 Å². The molecule has 1 aromatic rings. The molecule has 1 fully saturated rings. The maximum atomic E-state index is 13.8. The molecule has 0 N–H and O–H groups in total. The number of benzene rings is 1. The molecule has 118 valence electrons. The molecule has 1 aromatic carbocycles. The SMILES string of the molecule is CN1CC(=O)OB(c2ccc(C(F)(F)F)cc2F)OC(=O)C1. The van der Waals surface area contributed by atoms with Gasteiger partial charge in [0.2, 0.25) is 0 Å². The van der Waals surface area contributed by atoms with Crippen molar-refractivity contribution < 1.29 is 36.5 Å². The molecule has 1 aliphatic rings. The van der Waals surface area contributed by atoms with E-state index in [2.05, 4.69) is 0 Å². The fraction of sp³-hybridized carbons (Fsp3) is 0.333. The van der Waals surface area contributed by atoms with Gasteiger partial charge in [0, 0.05) is 5.46 Å². The first-order valence-electron chi connectivity index (χ1n) is 6.11. The van der Waals surface area contributed by atoms with Crippen molar-refractivity contribution in [1.29, 1.82) is 0 Å². The summed E-state index contributed by atoms with van der Waals surface area (Å²) in [7, 11) is -0.238. The Morgan fingerprint density at radius 3 is 2.14 bits per heavy atom. The van der Waals surface area contributed by atoms with Crippen LogP contribution in [0.25, 0.3) is 0 Å². The van der Waals surface area contributed by atoms with Crippen molar-refractivity contribution in [3.63, 3.8) is 0 Å². The molecule has 5 nitrogen and oxygen atoms in total. The van der Waals surface area contributed by atoms with Gasteiger partial charge in [0.05, 0.1) is 18.7 Å². The number of halogens is 4. The number of rotatable bonds is 1. The zero-order valence-electron chi connectivity index (χ0n) is 11.3. The Morgan fingerprint density at radius 2 is 1.68 bits per heavy atom. The average Bonchev–Trinajstić information content (AvgIpc) is 2.34. The van der Waals surface area contributed by atoms with Crippen molar-refractivity contribution in [2.45, 2.75) is 6.18 Å². The third-order valence-corrected chi connectivity index (χ3v) is 2.86. The molecule has 0 saturated carbocycles. The van der Waals surface area contributed by atoms with Crippen LogP contribution in [0.5, 0.6) is 0 Å². The molecule has 22 heavy (non-hydrogen) atoms. The lowest BCUT2D eigenvalue weighted by Gasteiger charge is -2.23. The van der Waals surface area contributed by atoms with Gasteiger partial charge in [0.25, 0.3) is 0 Å². The molecule has 0 aromatic heterocycles. The van der Waals surface area contributed by atoms with Gasteiger partial charge in [-0.3, -0.25) is 14.5 Å². The number of nitrogens with zero attached hydrogens (tertiary/aromatic N) is 1. The van der Waals surface area contributed by atoms with Gasteiger partial charge in [-0.15, -0.1) is 0 Å². The van der Waals surface area contributed by atoms with E-state index in [0.717, 1.165) is 6.07 Å². The summed E-state index contributed by atoms with van der Waals surface area (Å²) >= 11 is 0. The summed E-state index contributed by atoms with van der Waals surface area (Å²) in [5, 5.41) is 0. The van der Waals surface area contributed by atoms with Gasteiger partial charge in [-0.2, -0.15) is 13.2 Å². The summed E-state index contributed by atoms with van der Waals surface area (Å²) in [6.45, 7) is -0.457. The molecular weight excluding hydrogens is 309 g/mol. The van der Waals surface area contributed by atoms with Gasteiger partial charge in [0.15, 0.2) is 0 Å². The van der Waals surface area contributed by atoms with Crippen LogP contribution in [0.4, 0.5) is 17.6 Å². The predicted octanol–water partition coefficient (Wildman–Crippen LogP) is 0.572. The molecular formula is C12H10BF4NO4. The number of hydrogen-bond donors (Lipinski definition) is 0. The highest BCUT2D eigenvalue weighted by molar-refractivity contribution is 6.64. The highest BCUT2D eigenvalue weighted by Gasteiger charge is 2.38. The molecule has 0 radical (unpaired) electrons. The Bertz CT molecular complexity index is 587. The maximum Gasteiger partial charge on any atom is 0.639 e. The molecule has 0 amide bonds. The first kappa shape index (κ1) is 16.3. The second kappa shape index (κ2) is 5.95. The zero-order valence-corrected chi connectivity index (χ0v) is 11.3. The molecule has 0 spiro atoms. The van der Waals surface area contributed by atoms with Crippen LogP contribution in [0.15, 0.2) is 18.2 Å². The summed E-state index contributed by atoms with van der Waals surface area (Å²) < 4.78 is 60.9. The highest BCUT2D eigenvalue weighted by atomic mass is 19.4. The average molecular weight is 319 g/mol. The minimum absolute atomic E-state index is 0.228. The highest BCUT2D eigenvalue weighted by Crippen LogP contribution is 2.29. The van der Waals surface area contributed by atoms with Gasteiger partial charge in [-0.1, -0.05) is 12.1 Å². The lowest BCUT2D eigenvalue weighted by molar-refractivity contribution is -0.145. The predicted molar refractivity (Wildman–Crippen MR) is 66.5 cm³/mol. The third-order valence-electron chi connectivity index (χ3n) is 2.86. The van der Waals surface area contributed by atoms with Crippen molar-refractivity contribution >= 4 is 24.5 Å². The minimum Gasteiger partial charge on any atom is -0.494 e. The van der Waals surface area contributed by atoms with E-state index in [9.17, 15) is 27.2 Å². The van der Waals surface area contributed by atoms with E-state index in [4.69, 9.17) is 9.31 Å². The van der Waals surface area contributed by atoms with Crippen LogP contribution in [-0.2, 0) is 25.1 Å². The van der Waals surface area contributed by atoms with Crippen LogP contribution in [0, 0.1) is 5.82 Å². The number of carbonyl (C=O) groups is 2.